The monoisotopic (exact) mass is 321 g/mol. The fourth-order valence-corrected chi connectivity index (χ4v) is 4.57. The zero-order valence-corrected chi connectivity index (χ0v) is 12.2. The van der Waals surface area contributed by atoms with E-state index in [2.05, 4.69) is 6.58 Å². The second kappa shape index (κ2) is 7.61. The third kappa shape index (κ3) is 4.92. The smallest absolute Gasteiger partial charge is 0.300 e. The van der Waals surface area contributed by atoms with Crippen molar-refractivity contribution in [1.82, 2.24) is 0 Å². The second-order valence-electron chi connectivity index (χ2n) is 3.11. The summed E-state index contributed by atoms with van der Waals surface area (Å²) in [5.41, 5.74) is -3.05. The number of nitriles is 1. The molecule has 0 aliphatic heterocycles. The molecule has 0 heterocycles. The Kier molecular flexibility index (Phi) is 6.46. The van der Waals surface area contributed by atoms with Crippen molar-refractivity contribution in [1.29, 1.82) is 5.26 Å². The van der Waals surface area contributed by atoms with Crippen LogP contribution >= 0.6 is 17.1 Å². The highest BCUT2D eigenvalue weighted by molar-refractivity contribution is 8.68. The topological polar surface area (TPSA) is 42.2 Å². The van der Waals surface area contributed by atoms with Gasteiger partial charge in [0.2, 0.25) is 0 Å². The first-order valence-corrected chi connectivity index (χ1v) is 9.22. The lowest BCUT2D eigenvalue weighted by molar-refractivity contribution is 0.199. The van der Waals surface area contributed by atoms with Gasteiger partial charge in [0.05, 0.1) is 5.56 Å². The third-order valence-corrected chi connectivity index (χ3v) is 6.81. The molecule has 0 aliphatic carbocycles. The molecule has 0 saturated carbocycles. The van der Waals surface area contributed by atoms with Crippen molar-refractivity contribution in [2.45, 2.75) is 0 Å². The first-order chi connectivity index (χ1) is 9.04. The van der Waals surface area contributed by atoms with Crippen molar-refractivity contribution in [3.63, 3.8) is 0 Å². The van der Waals surface area contributed by atoms with Crippen LogP contribution in [0, 0.1) is 17.1 Å². The van der Waals surface area contributed by atoms with Gasteiger partial charge in [-0.3, -0.25) is 4.52 Å². The lowest BCUT2D eigenvalue weighted by Gasteiger charge is -2.20. The van der Waals surface area contributed by atoms with E-state index < -0.39 is 18.4 Å². The molecule has 0 aromatic heterocycles. The predicted molar refractivity (Wildman–Crippen MR) is 75.7 cm³/mol. The van der Waals surface area contributed by atoms with Crippen molar-refractivity contribution in [2.24, 2.45) is 0 Å². The van der Waals surface area contributed by atoms with E-state index in [1.807, 2.05) is 0 Å². The van der Waals surface area contributed by atoms with Crippen LogP contribution in [-0.4, -0.2) is 12.6 Å². The molecule has 1 atom stereocenters. The van der Waals surface area contributed by atoms with E-state index in [9.17, 15) is 8.78 Å². The second-order valence-corrected chi connectivity index (χ2v) is 9.39. The molecule has 0 amide bonds. The largest absolute Gasteiger partial charge is 0.436 e. The highest BCUT2D eigenvalue weighted by Crippen LogP contribution is 2.60. The minimum absolute atomic E-state index is 0.102. The molecule has 0 bridgehead atoms. The molecule has 0 saturated heterocycles. The molecule has 8 heteroatoms. The number of hydrogen-bond donors (Lipinski definition) is 0. The van der Waals surface area contributed by atoms with Gasteiger partial charge in [-0.2, -0.15) is 5.26 Å². The fraction of sp³-hybridized carbons (Fsp3) is 0.182. The molecule has 1 rings (SSSR count). The highest BCUT2D eigenvalue weighted by atomic mass is 32.9. The summed E-state index contributed by atoms with van der Waals surface area (Å²) in [5, 5.41) is 8.61. The van der Waals surface area contributed by atoms with Crippen molar-refractivity contribution in [2.75, 3.05) is 12.6 Å². The summed E-state index contributed by atoms with van der Waals surface area (Å²) < 4.78 is 35.9. The zero-order chi connectivity index (χ0) is 14.3. The van der Waals surface area contributed by atoms with Gasteiger partial charge >= 0.3 is 0 Å². The van der Waals surface area contributed by atoms with Gasteiger partial charge < -0.3 is 4.52 Å². The summed E-state index contributed by atoms with van der Waals surface area (Å²) in [4.78, 5) is 0. The lowest BCUT2D eigenvalue weighted by atomic mass is 10.2. The maximum Gasteiger partial charge on any atom is 0.300 e. The van der Waals surface area contributed by atoms with E-state index in [1.165, 1.54) is 12.1 Å². The van der Waals surface area contributed by atoms with Gasteiger partial charge in [-0.15, -0.1) is 6.58 Å². The minimum atomic E-state index is -2.95. The van der Waals surface area contributed by atoms with Crippen LogP contribution in [0.3, 0.4) is 0 Å². The van der Waals surface area contributed by atoms with E-state index in [-0.39, 0.29) is 11.3 Å². The lowest BCUT2D eigenvalue weighted by Crippen LogP contribution is -1.96. The Labute approximate surface area is 119 Å². The van der Waals surface area contributed by atoms with Crippen molar-refractivity contribution < 1.29 is 17.8 Å². The number of nitrogens with zero attached hydrogens (tertiary/aromatic N) is 1. The molecule has 3 nitrogen and oxygen atoms in total. The predicted octanol–water partition coefficient (Wildman–Crippen LogP) is 4.16. The van der Waals surface area contributed by atoms with Crippen molar-refractivity contribution in [3.05, 3.63) is 42.2 Å². The summed E-state index contributed by atoms with van der Waals surface area (Å²) in [6, 6.07) is 5.36. The molecule has 19 heavy (non-hydrogen) atoms. The molecule has 0 fully saturated rings. The number of alkyl halides is 1. The van der Waals surface area contributed by atoms with Crippen LogP contribution in [0.25, 0.3) is 0 Å². The van der Waals surface area contributed by atoms with Gasteiger partial charge in [0.1, 0.15) is 17.6 Å². The average Bonchev–Trinajstić information content (AvgIpc) is 2.37. The van der Waals surface area contributed by atoms with Crippen LogP contribution in [0.5, 0.6) is 5.75 Å². The molecule has 0 N–H and O–H groups in total. The van der Waals surface area contributed by atoms with E-state index in [0.29, 0.717) is 5.75 Å². The van der Waals surface area contributed by atoms with E-state index in [4.69, 9.17) is 26.1 Å². The Bertz CT molecular complexity index is 548. The standard InChI is InChI=1S/C11H10F2NO2PS2/c1-2-5-19-17(18,15-8-12)16-10-4-3-9(7-14)11(13)6-10/h2-4,6H,1,5,8H2. The summed E-state index contributed by atoms with van der Waals surface area (Å²) in [7, 11) is 0. The van der Waals surface area contributed by atoms with Gasteiger partial charge in [-0.25, -0.2) is 8.78 Å². The summed E-state index contributed by atoms with van der Waals surface area (Å²) in [6.07, 6.45) is 1.58. The summed E-state index contributed by atoms with van der Waals surface area (Å²) in [6.45, 7) is 2.43. The Morgan fingerprint density at radius 3 is 2.84 bits per heavy atom. The van der Waals surface area contributed by atoms with Crippen LogP contribution in [0.15, 0.2) is 30.9 Å². The molecule has 1 aromatic rings. The molecule has 1 unspecified atom stereocenters. The van der Waals surface area contributed by atoms with Gasteiger partial charge in [-0.1, -0.05) is 17.5 Å². The normalized spacial score (nSPS) is 13.3. The maximum absolute atomic E-state index is 13.4. The Hall–Kier alpha value is -0.930. The van der Waals surface area contributed by atoms with Crippen LogP contribution < -0.4 is 4.52 Å². The summed E-state index contributed by atoms with van der Waals surface area (Å²) >= 11 is 6.20. The Balaban J connectivity index is 2.90. The maximum atomic E-state index is 13.4. The number of hydrogen-bond acceptors (Lipinski definition) is 5. The molecule has 0 spiro atoms. The minimum Gasteiger partial charge on any atom is -0.436 e. The first kappa shape index (κ1) is 16.1. The van der Waals surface area contributed by atoms with Crippen LogP contribution in [0.1, 0.15) is 5.56 Å². The number of rotatable bonds is 7. The third-order valence-electron chi connectivity index (χ3n) is 1.84. The molecule has 102 valence electrons. The van der Waals surface area contributed by atoms with Gasteiger partial charge in [0, 0.05) is 11.8 Å². The Morgan fingerprint density at radius 2 is 2.32 bits per heavy atom. The first-order valence-electron chi connectivity index (χ1n) is 5.00. The van der Waals surface area contributed by atoms with Gasteiger partial charge in [0.15, 0.2) is 6.86 Å². The van der Waals surface area contributed by atoms with Crippen LogP contribution in [0.2, 0.25) is 0 Å². The van der Waals surface area contributed by atoms with Gasteiger partial charge in [-0.05, 0) is 23.9 Å². The quantitative estimate of drug-likeness (QED) is 0.557. The number of halogens is 2. The fourth-order valence-electron chi connectivity index (χ4n) is 1.07. The van der Waals surface area contributed by atoms with Crippen molar-refractivity contribution in [3.8, 4) is 11.8 Å². The van der Waals surface area contributed by atoms with Crippen molar-refractivity contribution >= 4 is 28.9 Å². The number of benzene rings is 1. The van der Waals surface area contributed by atoms with E-state index >= 15 is 0 Å². The van der Waals surface area contributed by atoms with E-state index in [0.717, 1.165) is 17.4 Å². The molecular formula is C11H10F2NO2PS2. The molecule has 1 aromatic carbocycles. The zero-order valence-electron chi connectivity index (χ0n) is 9.71. The van der Waals surface area contributed by atoms with Gasteiger partial charge in [0.25, 0.3) is 5.69 Å². The van der Waals surface area contributed by atoms with Crippen LogP contribution in [0.4, 0.5) is 8.78 Å². The average molecular weight is 321 g/mol. The Morgan fingerprint density at radius 1 is 1.58 bits per heavy atom. The van der Waals surface area contributed by atoms with Crippen LogP contribution in [-0.2, 0) is 16.3 Å². The molecular weight excluding hydrogens is 311 g/mol. The van der Waals surface area contributed by atoms with E-state index in [1.54, 1.807) is 12.1 Å². The summed E-state index contributed by atoms with van der Waals surface area (Å²) in [5.74, 6) is -0.198. The highest BCUT2D eigenvalue weighted by Gasteiger charge is 2.22. The molecule has 0 radical (unpaired) electrons. The molecule has 0 aliphatic rings. The SMILES string of the molecule is C=CCSP(=S)(OCF)Oc1ccc(C#N)c(F)c1.